The summed E-state index contributed by atoms with van der Waals surface area (Å²) in [6.45, 7) is 13.4. The van der Waals surface area contributed by atoms with Gasteiger partial charge in [-0.2, -0.15) is 5.10 Å². The molecular weight excluding hydrogens is 439 g/mol. The molecule has 2 heterocycles. The number of nitrogens with zero attached hydrogens (tertiary/aromatic N) is 4. The minimum atomic E-state index is 0. The van der Waals surface area contributed by atoms with E-state index < -0.39 is 0 Å². The zero-order valence-corrected chi connectivity index (χ0v) is 19.5. The highest BCUT2D eigenvalue weighted by Gasteiger charge is 2.20. The van der Waals surface area contributed by atoms with Gasteiger partial charge in [0.15, 0.2) is 5.96 Å². The number of aliphatic imine (C=N–C) groups is 1. The van der Waals surface area contributed by atoms with Gasteiger partial charge in [0.2, 0.25) is 0 Å². The van der Waals surface area contributed by atoms with Gasteiger partial charge < -0.3 is 10.6 Å². The molecule has 1 fully saturated rings. The minimum absolute atomic E-state index is 0. The van der Waals surface area contributed by atoms with Crippen molar-refractivity contribution < 1.29 is 0 Å². The Labute approximate surface area is 176 Å². The molecule has 0 saturated carbocycles. The first-order valence-corrected chi connectivity index (χ1v) is 9.82. The van der Waals surface area contributed by atoms with Crippen LogP contribution in [0.5, 0.6) is 0 Å². The minimum Gasteiger partial charge on any atom is -0.357 e. The molecule has 2 rings (SSSR count). The molecule has 150 valence electrons. The van der Waals surface area contributed by atoms with Crippen LogP contribution in [0.15, 0.2) is 4.99 Å². The Morgan fingerprint density at radius 1 is 1.23 bits per heavy atom. The van der Waals surface area contributed by atoms with Crippen LogP contribution in [0.4, 0.5) is 0 Å². The van der Waals surface area contributed by atoms with Crippen LogP contribution in [0.25, 0.3) is 0 Å². The Balaban J connectivity index is 0.00000338. The lowest BCUT2D eigenvalue weighted by molar-refractivity contribution is 0.147. The first-order valence-electron chi connectivity index (χ1n) is 9.82. The maximum Gasteiger partial charge on any atom is 0.191 e. The van der Waals surface area contributed by atoms with Crippen LogP contribution in [0.1, 0.15) is 56.5 Å². The number of rotatable bonds is 7. The second-order valence-electron chi connectivity index (χ2n) is 6.99. The number of aromatic nitrogens is 2. The van der Waals surface area contributed by atoms with Gasteiger partial charge in [-0.15, -0.1) is 24.0 Å². The van der Waals surface area contributed by atoms with Gasteiger partial charge in [-0.3, -0.25) is 9.58 Å². The quantitative estimate of drug-likeness (QED) is 0.361. The Morgan fingerprint density at radius 3 is 2.62 bits per heavy atom. The zero-order chi connectivity index (χ0) is 18.2. The van der Waals surface area contributed by atoms with Gasteiger partial charge in [-0.1, -0.05) is 13.3 Å². The van der Waals surface area contributed by atoms with E-state index in [-0.39, 0.29) is 24.0 Å². The average Bonchev–Trinajstić information content (AvgIpc) is 2.85. The van der Waals surface area contributed by atoms with Crippen molar-refractivity contribution in [2.75, 3.05) is 26.2 Å². The van der Waals surface area contributed by atoms with Gasteiger partial charge in [0, 0.05) is 44.0 Å². The van der Waals surface area contributed by atoms with Gasteiger partial charge in [-0.25, -0.2) is 4.99 Å². The molecule has 0 amide bonds. The molecule has 1 aromatic heterocycles. The molecule has 1 saturated heterocycles. The lowest BCUT2D eigenvalue weighted by Gasteiger charge is -2.35. The second kappa shape index (κ2) is 11.8. The van der Waals surface area contributed by atoms with Gasteiger partial charge in [0.1, 0.15) is 0 Å². The van der Waals surface area contributed by atoms with Crippen LogP contribution in [0.3, 0.4) is 0 Å². The molecular formula is C19H37IN6. The normalized spacial score (nSPS) is 18.5. The summed E-state index contributed by atoms with van der Waals surface area (Å²) >= 11 is 0. The molecule has 0 spiro atoms. The van der Waals surface area contributed by atoms with E-state index in [1.807, 2.05) is 11.7 Å². The summed E-state index contributed by atoms with van der Waals surface area (Å²) in [5, 5.41) is 11.3. The molecule has 2 N–H and O–H groups in total. The highest BCUT2D eigenvalue weighted by atomic mass is 127. The molecule has 26 heavy (non-hydrogen) atoms. The van der Waals surface area contributed by atoms with Crippen LogP contribution in [0, 0.1) is 13.8 Å². The van der Waals surface area contributed by atoms with Crippen LogP contribution < -0.4 is 10.6 Å². The standard InChI is InChI=1S/C19H36N6.HI/c1-6-17-10-8-9-12-25(17)13-11-21-19(20-7-2)22-14-18-15(3)23-24(5)16(18)4;/h17H,6-14H2,1-5H3,(H2,20,21,22);1H. The maximum atomic E-state index is 4.76. The van der Waals surface area contributed by atoms with Crippen molar-refractivity contribution in [3.63, 3.8) is 0 Å². The molecule has 1 aliphatic heterocycles. The van der Waals surface area contributed by atoms with Crippen molar-refractivity contribution in [1.82, 2.24) is 25.3 Å². The summed E-state index contributed by atoms with van der Waals surface area (Å²) in [6.07, 6.45) is 5.33. The Morgan fingerprint density at radius 2 is 2.00 bits per heavy atom. The predicted octanol–water partition coefficient (Wildman–Crippen LogP) is 2.97. The highest BCUT2D eigenvalue weighted by Crippen LogP contribution is 2.18. The fourth-order valence-corrected chi connectivity index (χ4v) is 3.68. The molecule has 1 unspecified atom stereocenters. The van der Waals surface area contributed by atoms with Crippen molar-refractivity contribution in [3.05, 3.63) is 17.0 Å². The third-order valence-electron chi connectivity index (χ3n) is 5.31. The summed E-state index contributed by atoms with van der Waals surface area (Å²) in [5.74, 6) is 0.898. The summed E-state index contributed by atoms with van der Waals surface area (Å²) in [4.78, 5) is 7.40. The van der Waals surface area contributed by atoms with Crippen molar-refractivity contribution in [1.29, 1.82) is 0 Å². The number of nitrogens with one attached hydrogen (secondary N) is 2. The summed E-state index contributed by atoms with van der Waals surface area (Å²) in [5.41, 5.74) is 3.48. The van der Waals surface area contributed by atoms with E-state index in [4.69, 9.17) is 4.99 Å². The van der Waals surface area contributed by atoms with Gasteiger partial charge >= 0.3 is 0 Å². The fraction of sp³-hybridized carbons (Fsp3) is 0.789. The summed E-state index contributed by atoms with van der Waals surface area (Å²) < 4.78 is 1.93. The molecule has 0 bridgehead atoms. The van der Waals surface area contributed by atoms with E-state index in [0.29, 0.717) is 6.54 Å². The van der Waals surface area contributed by atoms with E-state index in [1.54, 1.807) is 0 Å². The number of piperidine rings is 1. The SMILES string of the molecule is CCNC(=NCc1c(C)nn(C)c1C)NCCN1CCCCC1CC.I. The predicted molar refractivity (Wildman–Crippen MR) is 120 cm³/mol. The van der Waals surface area contributed by atoms with E-state index in [2.05, 4.69) is 48.3 Å². The molecule has 0 radical (unpaired) electrons. The average molecular weight is 476 g/mol. The largest absolute Gasteiger partial charge is 0.357 e. The van der Waals surface area contributed by atoms with E-state index in [1.165, 1.54) is 43.5 Å². The molecule has 1 aliphatic rings. The van der Waals surface area contributed by atoms with E-state index in [0.717, 1.165) is 37.3 Å². The Bertz CT molecular complexity index is 569. The van der Waals surface area contributed by atoms with Gasteiger partial charge in [0.05, 0.1) is 12.2 Å². The first kappa shape index (κ1) is 23.2. The van der Waals surface area contributed by atoms with E-state index >= 15 is 0 Å². The number of aryl methyl sites for hydroxylation is 2. The first-order chi connectivity index (χ1) is 12.1. The van der Waals surface area contributed by atoms with Crippen LogP contribution in [0.2, 0.25) is 0 Å². The van der Waals surface area contributed by atoms with Crippen molar-refractivity contribution >= 4 is 29.9 Å². The number of hydrogen-bond acceptors (Lipinski definition) is 3. The summed E-state index contributed by atoms with van der Waals surface area (Å²) in [7, 11) is 1.99. The van der Waals surface area contributed by atoms with Crippen molar-refractivity contribution in [2.24, 2.45) is 12.0 Å². The number of hydrogen-bond donors (Lipinski definition) is 2. The third-order valence-corrected chi connectivity index (χ3v) is 5.31. The number of likely N-dealkylation sites (tertiary alicyclic amines) is 1. The number of guanidine groups is 1. The maximum absolute atomic E-state index is 4.76. The third kappa shape index (κ3) is 6.40. The molecule has 6 nitrogen and oxygen atoms in total. The lowest BCUT2D eigenvalue weighted by Crippen LogP contribution is -2.45. The Kier molecular flexibility index (Phi) is 10.5. The van der Waals surface area contributed by atoms with Crippen molar-refractivity contribution in [2.45, 2.75) is 66.0 Å². The monoisotopic (exact) mass is 476 g/mol. The Hall–Kier alpha value is -0.830. The molecule has 7 heteroatoms. The molecule has 0 aromatic carbocycles. The molecule has 1 aromatic rings. The topological polar surface area (TPSA) is 57.5 Å². The van der Waals surface area contributed by atoms with Crippen LogP contribution in [-0.2, 0) is 13.6 Å². The fourth-order valence-electron chi connectivity index (χ4n) is 3.68. The van der Waals surface area contributed by atoms with Gasteiger partial charge in [-0.05, 0) is 46.6 Å². The smallest absolute Gasteiger partial charge is 0.191 e. The van der Waals surface area contributed by atoms with Crippen LogP contribution in [-0.4, -0.2) is 52.9 Å². The lowest BCUT2D eigenvalue weighted by atomic mass is 10.0. The number of halogens is 1. The molecule has 0 aliphatic carbocycles. The highest BCUT2D eigenvalue weighted by molar-refractivity contribution is 14.0. The second-order valence-corrected chi connectivity index (χ2v) is 6.99. The molecule has 1 atom stereocenters. The van der Waals surface area contributed by atoms with E-state index in [9.17, 15) is 0 Å². The van der Waals surface area contributed by atoms with Crippen LogP contribution >= 0.6 is 24.0 Å². The zero-order valence-electron chi connectivity index (χ0n) is 17.1. The van der Waals surface area contributed by atoms with Crippen molar-refractivity contribution in [3.8, 4) is 0 Å². The summed E-state index contributed by atoms with van der Waals surface area (Å²) in [6, 6.07) is 0.760. The van der Waals surface area contributed by atoms with Gasteiger partial charge in [0.25, 0.3) is 0 Å².